The first-order valence-corrected chi connectivity index (χ1v) is 8.30. The summed E-state index contributed by atoms with van der Waals surface area (Å²) in [7, 11) is 0. The predicted octanol–water partition coefficient (Wildman–Crippen LogP) is 2.41. The molecule has 1 N–H and O–H groups in total. The second-order valence-corrected chi connectivity index (χ2v) is 5.80. The monoisotopic (exact) mass is 339 g/mol. The second kappa shape index (κ2) is 7.29. The summed E-state index contributed by atoms with van der Waals surface area (Å²) >= 11 is 0. The molecule has 3 aromatic rings. The molecule has 1 amide bonds. The van der Waals surface area contributed by atoms with E-state index < -0.39 is 0 Å². The van der Waals surface area contributed by atoms with Crippen molar-refractivity contribution in [2.24, 2.45) is 0 Å². The van der Waals surface area contributed by atoms with Gasteiger partial charge in [0, 0.05) is 13.0 Å². The summed E-state index contributed by atoms with van der Waals surface area (Å²) in [6.07, 6.45) is 2.83. The van der Waals surface area contributed by atoms with E-state index in [0.717, 1.165) is 16.9 Å². The van der Waals surface area contributed by atoms with Crippen LogP contribution in [-0.2, 0) is 12.8 Å². The molecule has 0 aliphatic rings. The normalized spacial score (nSPS) is 10.8. The molecule has 0 saturated heterocycles. The Kier molecular flexibility index (Phi) is 4.92. The smallest absolute Gasteiger partial charge is 0.254 e. The zero-order valence-electron chi connectivity index (χ0n) is 14.6. The average Bonchev–Trinajstić information content (AvgIpc) is 3.21. The van der Waals surface area contributed by atoms with Crippen LogP contribution in [0.4, 0.5) is 0 Å². The Morgan fingerprint density at radius 1 is 1.28 bits per heavy atom. The van der Waals surface area contributed by atoms with Crippen LogP contribution in [0.3, 0.4) is 0 Å². The highest BCUT2D eigenvalue weighted by Gasteiger charge is 2.17. The number of hydrogen-bond acceptors (Lipinski definition) is 5. The van der Waals surface area contributed by atoms with E-state index >= 15 is 0 Å². The van der Waals surface area contributed by atoms with E-state index in [1.807, 2.05) is 42.8 Å². The molecule has 7 nitrogen and oxygen atoms in total. The number of amides is 1. The lowest BCUT2D eigenvalue weighted by Crippen LogP contribution is -2.26. The molecule has 0 bridgehead atoms. The molecule has 0 saturated carbocycles. The molecule has 0 aliphatic heterocycles. The molecule has 0 aliphatic carbocycles. The molecule has 0 spiro atoms. The number of aromatic nitrogens is 4. The number of hydrogen-bond donors (Lipinski definition) is 1. The number of para-hydroxylation sites is 1. The highest BCUT2D eigenvalue weighted by atomic mass is 16.5. The minimum Gasteiger partial charge on any atom is -0.351 e. The molecular formula is C18H21N5O2. The maximum atomic E-state index is 12.5. The van der Waals surface area contributed by atoms with Crippen molar-refractivity contribution < 1.29 is 9.32 Å². The molecule has 2 heterocycles. The van der Waals surface area contributed by atoms with Gasteiger partial charge in [-0.1, -0.05) is 30.3 Å². The summed E-state index contributed by atoms with van der Waals surface area (Å²) < 4.78 is 6.88. The fraction of sp³-hybridized carbons (Fsp3) is 0.333. The lowest BCUT2D eigenvalue weighted by atomic mass is 10.1. The van der Waals surface area contributed by atoms with Gasteiger partial charge in [-0.2, -0.15) is 10.1 Å². The van der Waals surface area contributed by atoms with E-state index in [2.05, 4.69) is 20.6 Å². The van der Waals surface area contributed by atoms with Crippen LogP contribution >= 0.6 is 0 Å². The van der Waals surface area contributed by atoms with Crippen LogP contribution < -0.4 is 5.32 Å². The summed E-state index contributed by atoms with van der Waals surface area (Å²) in [4.78, 5) is 16.6. The van der Waals surface area contributed by atoms with Gasteiger partial charge in [-0.05, 0) is 31.9 Å². The van der Waals surface area contributed by atoms with Crippen molar-refractivity contribution >= 4 is 5.91 Å². The number of aryl methyl sites for hydroxylation is 2. The standard InChI is InChI=1S/C18H21N5O2/c1-4-15-14(11-20-23(15)16-8-6-5-7-12(16)2)18(24)19-10-9-17-21-13(3)22-25-17/h5-8,11H,4,9-10H2,1-3H3,(H,19,24). The molecule has 130 valence electrons. The SMILES string of the molecule is CCc1c(C(=O)NCCc2nc(C)no2)cnn1-c1ccccc1C. The summed E-state index contributed by atoms with van der Waals surface area (Å²) in [6.45, 7) is 6.24. The number of carbonyl (C=O) groups excluding carboxylic acids is 1. The summed E-state index contributed by atoms with van der Waals surface area (Å²) in [5, 5.41) is 11.0. The Morgan fingerprint density at radius 3 is 2.76 bits per heavy atom. The van der Waals surface area contributed by atoms with Gasteiger partial charge in [-0.15, -0.1) is 0 Å². The molecule has 7 heteroatoms. The molecule has 2 aromatic heterocycles. The Morgan fingerprint density at radius 2 is 2.08 bits per heavy atom. The van der Waals surface area contributed by atoms with Crippen molar-refractivity contribution in [1.29, 1.82) is 0 Å². The highest BCUT2D eigenvalue weighted by molar-refractivity contribution is 5.95. The van der Waals surface area contributed by atoms with Crippen LogP contribution in [0.1, 0.15) is 40.3 Å². The zero-order valence-corrected chi connectivity index (χ0v) is 14.6. The minimum absolute atomic E-state index is 0.145. The molecule has 1 aromatic carbocycles. The lowest BCUT2D eigenvalue weighted by molar-refractivity contribution is 0.0952. The van der Waals surface area contributed by atoms with Crippen LogP contribution in [0.15, 0.2) is 35.0 Å². The van der Waals surface area contributed by atoms with Gasteiger partial charge in [0.15, 0.2) is 5.82 Å². The molecular weight excluding hydrogens is 318 g/mol. The van der Waals surface area contributed by atoms with Gasteiger partial charge in [0.1, 0.15) is 0 Å². The molecule has 0 fully saturated rings. The van der Waals surface area contributed by atoms with Crippen molar-refractivity contribution in [2.75, 3.05) is 6.54 Å². The lowest BCUT2D eigenvalue weighted by Gasteiger charge is -2.10. The topological polar surface area (TPSA) is 85.8 Å². The molecule has 3 rings (SSSR count). The van der Waals surface area contributed by atoms with Gasteiger partial charge < -0.3 is 9.84 Å². The number of nitrogens with zero attached hydrogens (tertiary/aromatic N) is 4. The Labute approximate surface area is 146 Å². The number of rotatable bonds is 6. The quantitative estimate of drug-likeness (QED) is 0.745. The molecule has 0 unspecified atom stereocenters. The van der Waals surface area contributed by atoms with Crippen LogP contribution in [0.5, 0.6) is 0 Å². The van der Waals surface area contributed by atoms with Gasteiger partial charge in [0.05, 0.1) is 23.1 Å². The fourth-order valence-corrected chi connectivity index (χ4v) is 2.73. The van der Waals surface area contributed by atoms with Crippen LogP contribution in [0, 0.1) is 13.8 Å². The molecule has 0 atom stereocenters. The van der Waals surface area contributed by atoms with Gasteiger partial charge >= 0.3 is 0 Å². The highest BCUT2D eigenvalue weighted by Crippen LogP contribution is 2.18. The van der Waals surface area contributed by atoms with E-state index in [1.165, 1.54) is 0 Å². The van der Waals surface area contributed by atoms with E-state index in [9.17, 15) is 4.79 Å². The maximum Gasteiger partial charge on any atom is 0.254 e. The van der Waals surface area contributed by atoms with Crippen LogP contribution in [0.25, 0.3) is 5.69 Å². The average molecular weight is 339 g/mol. The van der Waals surface area contributed by atoms with Gasteiger partial charge in [-0.3, -0.25) is 4.79 Å². The predicted molar refractivity (Wildman–Crippen MR) is 92.8 cm³/mol. The first-order chi connectivity index (χ1) is 12.1. The van der Waals surface area contributed by atoms with E-state index in [4.69, 9.17) is 4.52 Å². The van der Waals surface area contributed by atoms with Crippen molar-refractivity contribution in [2.45, 2.75) is 33.6 Å². The van der Waals surface area contributed by atoms with Crippen LogP contribution in [0.2, 0.25) is 0 Å². The Hall–Kier alpha value is -2.96. The van der Waals surface area contributed by atoms with Crippen LogP contribution in [-0.4, -0.2) is 32.4 Å². The van der Waals surface area contributed by atoms with Gasteiger partial charge in [0.25, 0.3) is 5.91 Å². The molecule has 25 heavy (non-hydrogen) atoms. The second-order valence-electron chi connectivity index (χ2n) is 5.80. The first kappa shape index (κ1) is 16.9. The zero-order chi connectivity index (χ0) is 17.8. The fourth-order valence-electron chi connectivity index (χ4n) is 2.73. The minimum atomic E-state index is -0.145. The third kappa shape index (κ3) is 3.60. The van der Waals surface area contributed by atoms with Gasteiger partial charge in [-0.25, -0.2) is 4.68 Å². The third-order valence-electron chi connectivity index (χ3n) is 3.99. The first-order valence-electron chi connectivity index (χ1n) is 8.30. The summed E-state index contributed by atoms with van der Waals surface area (Å²) in [6, 6.07) is 7.99. The van der Waals surface area contributed by atoms with E-state index in [1.54, 1.807) is 13.1 Å². The summed E-state index contributed by atoms with van der Waals surface area (Å²) in [5.41, 5.74) is 3.58. The number of carbonyl (C=O) groups is 1. The van der Waals surface area contributed by atoms with Crippen molar-refractivity contribution in [3.63, 3.8) is 0 Å². The number of nitrogens with one attached hydrogen (secondary N) is 1. The molecule has 0 radical (unpaired) electrons. The van der Waals surface area contributed by atoms with Crippen molar-refractivity contribution in [3.05, 3.63) is 59.0 Å². The Balaban J connectivity index is 1.74. The van der Waals surface area contributed by atoms with Gasteiger partial charge in [0.2, 0.25) is 5.89 Å². The van der Waals surface area contributed by atoms with E-state index in [0.29, 0.717) is 36.7 Å². The maximum absolute atomic E-state index is 12.5. The largest absolute Gasteiger partial charge is 0.351 e. The van der Waals surface area contributed by atoms with Crippen molar-refractivity contribution in [1.82, 2.24) is 25.2 Å². The summed E-state index contributed by atoms with van der Waals surface area (Å²) in [5.74, 6) is 0.964. The third-order valence-corrected chi connectivity index (χ3v) is 3.99. The Bertz CT molecular complexity index is 881. The van der Waals surface area contributed by atoms with E-state index in [-0.39, 0.29) is 5.91 Å². The van der Waals surface area contributed by atoms with Crippen molar-refractivity contribution in [3.8, 4) is 5.69 Å². The number of benzene rings is 1.